The number of likely N-dealkylation sites (tertiary alicyclic amines) is 1. The van der Waals surface area contributed by atoms with Crippen LogP contribution in [-0.2, 0) is 20.8 Å². The maximum atomic E-state index is 14.3. The number of anilines is 2. The van der Waals surface area contributed by atoms with E-state index in [4.69, 9.17) is 24.2 Å². The van der Waals surface area contributed by atoms with Gasteiger partial charge in [0.2, 0.25) is 11.9 Å². The Morgan fingerprint density at radius 1 is 0.962 bits per heavy atom. The van der Waals surface area contributed by atoms with Crippen LogP contribution in [0.1, 0.15) is 120 Å². The third kappa shape index (κ3) is 10.1. The monoisotopic (exact) mass is 738 g/mol. The number of carbonyl (C=O) groups excluding carboxylic acids is 3. The van der Waals surface area contributed by atoms with Crippen molar-refractivity contribution in [3.8, 4) is 0 Å². The van der Waals surface area contributed by atoms with Gasteiger partial charge >= 0.3 is 18.3 Å². The zero-order chi connectivity index (χ0) is 39.8. The van der Waals surface area contributed by atoms with E-state index in [1.807, 2.05) is 27.7 Å². The van der Waals surface area contributed by atoms with Gasteiger partial charge in [0, 0.05) is 29.8 Å². The number of fused-ring (bicyclic) bond motifs is 1. The summed E-state index contributed by atoms with van der Waals surface area (Å²) in [6, 6.07) is 5.22. The van der Waals surface area contributed by atoms with Crippen LogP contribution in [0.2, 0.25) is 0 Å². The number of hydrogen-bond acceptors (Lipinski definition) is 11. The lowest BCUT2D eigenvalue weighted by atomic mass is 9.88. The van der Waals surface area contributed by atoms with Crippen molar-refractivity contribution in [1.29, 1.82) is 0 Å². The molecule has 1 aliphatic heterocycles. The molecule has 0 spiro atoms. The average molecular weight is 739 g/mol. The van der Waals surface area contributed by atoms with Gasteiger partial charge in [-0.3, -0.25) is 10.1 Å². The van der Waals surface area contributed by atoms with Crippen LogP contribution >= 0.6 is 0 Å². The SMILES string of the molecule is CC(C)c1cnn2c(N(Cc3cccc([N+](=O)[O-])c3)C(=O)OC(C)(C)C)nc(N(C(=O)OC(C)(C)C)[C@H]3CCC(C)(C)N(C(=O)OC(C)(C)C)C3)nc12. The molecule has 1 atom stereocenters. The van der Waals surface area contributed by atoms with Crippen molar-refractivity contribution >= 4 is 41.5 Å². The van der Waals surface area contributed by atoms with Crippen molar-refractivity contribution in [2.75, 3.05) is 16.3 Å². The fourth-order valence-electron chi connectivity index (χ4n) is 5.80. The smallest absolute Gasteiger partial charge is 0.417 e. The zero-order valence-corrected chi connectivity index (χ0v) is 33.2. The van der Waals surface area contributed by atoms with E-state index in [0.717, 1.165) is 0 Å². The Morgan fingerprint density at radius 2 is 1.57 bits per heavy atom. The van der Waals surface area contributed by atoms with Crippen LogP contribution in [0.5, 0.6) is 0 Å². The van der Waals surface area contributed by atoms with Gasteiger partial charge in [-0.2, -0.15) is 19.6 Å². The lowest BCUT2D eigenvalue weighted by molar-refractivity contribution is -0.384. The van der Waals surface area contributed by atoms with Crippen LogP contribution < -0.4 is 9.80 Å². The number of ether oxygens (including phenoxy) is 3. The lowest BCUT2D eigenvalue weighted by Crippen LogP contribution is -2.60. The third-order valence-electron chi connectivity index (χ3n) is 8.30. The van der Waals surface area contributed by atoms with Crippen molar-refractivity contribution in [2.24, 2.45) is 0 Å². The van der Waals surface area contributed by atoms with Gasteiger partial charge in [-0.15, -0.1) is 0 Å². The number of rotatable bonds is 7. The summed E-state index contributed by atoms with van der Waals surface area (Å²) in [6.45, 7) is 23.4. The summed E-state index contributed by atoms with van der Waals surface area (Å²) in [5.41, 5.74) is -1.91. The summed E-state index contributed by atoms with van der Waals surface area (Å²) in [6.07, 6.45) is 0.486. The van der Waals surface area contributed by atoms with Crippen molar-refractivity contribution in [3.05, 3.63) is 51.7 Å². The van der Waals surface area contributed by atoms with Crippen LogP contribution in [0.25, 0.3) is 5.65 Å². The van der Waals surface area contributed by atoms with Gasteiger partial charge in [0.05, 0.1) is 23.7 Å². The molecular weight excluding hydrogens is 684 g/mol. The first-order chi connectivity index (χ1) is 24.3. The highest BCUT2D eigenvalue weighted by atomic mass is 16.6. The van der Waals surface area contributed by atoms with E-state index in [-0.39, 0.29) is 36.6 Å². The van der Waals surface area contributed by atoms with Gasteiger partial charge in [-0.05, 0) is 100 Å². The fraction of sp³-hybridized carbons (Fsp3) is 0.622. The molecule has 4 rings (SSSR count). The van der Waals surface area contributed by atoms with E-state index in [1.165, 1.54) is 32.5 Å². The number of benzene rings is 1. The first-order valence-corrected chi connectivity index (χ1v) is 17.8. The molecule has 16 heteroatoms. The summed E-state index contributed by atoms with van der Waals surface area (Å²) < 4.78 is 18.9. The highest BCUT2D eigenvalue weighted by Gasteiger charge is 2.44. The minimum absolute atomic E-state index is 0.0497. The van der Waals surface area contributed by atoms with E-state index in [0.29, 0.717) is 29.6 Å². The van der Waals surface area contributed by atoms with Gasteiger partial charge in [0.1, 0.15) is 16.8 Å². The standard InChI is InChI=1S/C37H54N8O8/c1-23(2)27-20-38-44-28(27)39-29(40-30(44)41(31(46)51-34(3,4)5)21-24-15-14-16-25(19-24)45(49)50)43(33(48)53-36(9,10)11)26-17-18-37(12,13)42(22-26)32(47)52-35(6,7)8/h14-16,19-20,23,26H,17-18,21-22H2,1-13H3/t26-/m0/s1. The number of hydrogen-bond donors (Lipinski definition) is 0. The Labute approximate surface area is 310 Å². The van der Waals surface area contributed by atoms with Gasteiger partial charge < -0.3 is 19.1 Å². The maximum absolute atomic E-state index is 14.3. The molecule has 0 radical (unpaired) electrons. The van der Waals surface area contributed by atoms with E-state index < -0.39 is 51.6 Å². The molecule has 0 aliphatic carbocycles. The number of aromatic nitrogens is 4. The summed E-state index contributed by atoms with van der Waals surface area (Å²) in [5.74, 6) is -0.222. The normalized spacial score (nSPS) is 16.3. The molecule has 3 aromatic rings. The first kappa shape index (κ1) is 40.7. The molecular formula is C37H54N8O8. The number of carbonyl (C=O) groups is 3. The average Bonchev–Trinajstić information content (AvgIpc) is 3.42. The zero-order valence-electron chi connectivity index (χ0n) is 33.2. The minimum Gasteiger partial charge on any atom is -0.444 e. The summed E-state index contributed by atoms with van der Waals surface area (Å²) >= 11 is 0. The van der Waals surface area contributed by atoms with Crippen molar-refractivity contribution in [2.45, 2.75) is 144 Å². The summed E-state index contributed by atoms with van der Waals surface area (Å²) in [4.78, 5) is 67.0. The Morgan fingerprint density at radius 3 is 2.13 bits per heavy atom. The molecule has 1 saturated heterocycles. The number of nitro groups is 1. The van der Waals surface area contributed by atoms with Gasteiger partial charge in [0.25, 0.3) is 5.69 Å². The molecule has 1 aromatic carbocycles. The van der Waals surface area contributed by atoms with Crippen LogP contribution in [0.4, 0.5) is 32.0 Å². The Hall–Kier alpha value is -5.02. The van der Waals surface area contributed by atoms with Gasteiger partial charge in [-0.1, -0.05) is 26.0 Å². The number of non-ortho nitro benzene ring substituents is 1. The van der Waals surface area contributed by atoms with Crippen LogP contribution in [-0.4, -0.2) is 82.6 Å². The summed E-state index contributed by atoms with van der Waals surface area (Å²) in [5, 5.41) is 16.2. The van der Waals surface area contributed by atoms with Crippen molar-refractivity contribution in [1.82, 2.24) is 24.5 Å². The van der Waals surface area contributed by atoms with E-state index in [2.05, 4.69) is 5.10 Å². The Bertz CT molecular complexity index is 1850. The second kappa shape index (κ2) is 14.8. The molecule has 0 unspecified atom stereocenters. The summed E-state index contributed by atoms with van der Waals surface area (Å²) in [7, 11) is 0. The Kier molecular flexibility index (Phi) is 11.4. The van der Waals surface area contributed by atoms with Crippen LogP contribution in [0, 0.1) is 10.1 Å². The lowest BCUT2D eigenvalue weighted by Gasteiger charge is -2.47. The molecule has 2 aromatic heterocycles. The maximum Gasteiger partial charge on any atom is 0.417 e. The van der Waals surface area contributed by atoms with Gasteiger partial charge in [0.15, 0.2) is 5.65 Å². The van der Waals surface area contributed by atoms with E-state index in [9.17, 15) is 24.5 Å². The molecule has 1 fully saturated rings. The molecule has 0 saturated carbocycles. The molecule has 3 amide bonds. The number of nitro benzene ring substituents is 1. The molecule has 53 heavy (non-hydrogen) atoms. The van der Waals surface area contributed by atoms with Crippen molar-refractivity contribution in [3.63, 3.8) is 0 Å². The Balaban J connectivity index is 1.97. The largest absolute Gasteiger partial charge is 0.444 e. The van der Waals surface area contributed by atoms with Crippen LogP contribution in [0.15, 0.2) is 30.5 Å². The molecule has 1 aliphatic rings. The molecule has 290 valence electrons. The first-order valence-electron chi connectivity index (χ1n) is 17.8. The molecule has 16 nitrogen and oxygen atoms in total. The quantitative estimate of drug-likeness (QED) is 0.130. The van der Waals surface area contributed by atoms with Crippen molar-refractivity contribution < 1.29 is 33.5 Å². The predicted molar refractivity (Wildman–Crippen MR) is 199 cm³/mol. The number of amides is 3. The number of nitrogens with zero attached hydrogens (tertiary/aromatic N) is 8. The van der Waals surface area contributed by atoms with Gasteiger partial charge in [-0.25, -0.2) is 24.2 Å². The highest BCUT2D eigenvalue weighted by molar-refractivity contribution is 5.89. The van der Waals surface area contributed by atoms with E-state index >= 15 is 0 Å². The molecule has 0 bridgehead atoms. The second-order valence-electron chi connectivity index (χ2n) is 17.3. The third-order valence-corrected chi connectivity index (χ3v) is 8.30. The molecule has 3 heterocycles. The molecule has 0 N–H and O–H groups in total. The highest BCUT2D eigenvalue weighted by Crippen LogP contribution is 2.35. The van der Waals surface area contributed by atoms with E-state index in [1.54, 1.807) is 79.5 Å². The topological polar surface area (TPSA) is 175 Å². The second-order valence-corrected chi connectivity index (χ2v) is 17.3. The minimum atomic E-state index is -0.928. The predicted octanol–water partition coefficient (Wildman–Crippen LogP) is 8.02. The fourth-order valence-corrected chi connectivity index (χ4v) is 5.80. The van der Waals surface area contributed by atoms with Crippen LogP contribution in [0.3, 0.4) is 0 Å². The number of piperidine rings is 1.